The number of imide groups is 1. The topological polar surface area (TPSA) is 53.1 Å². The smallest absolute Gasteiger partial charge is 0.261 e. The predicted molar refractivity (Wildman–Crippen MR) is 118 cm³/mol. The average Bonchev–Trinajstić information content (AvgIpc) is 3.06. The number of fused-ring (bicyclic) bond motifs is 1. The van der Waals surface area contributed by atoms with Crippen LogP contribution in [0.15, 0.2) is 48.5 Å². The highest BCUT2D eigenvalue weighted by Crippen LogP contribution is 2.29. The molecular weight excluding hydrogens is 397 g/mol. The number of benzene rings is 2. The summed E-state index contributed by atoms with van der Waals surface area (Å²) in [6.45, 7) is 4.62. The van der Waals surface area contributed by atoms with E-state index < -0.39 is 6.67 Å². The van der Waals surface area contributed by atoms with Crippen LogP contribution in [0.5, 0.6) is 5.75 Å². The summed E-state index contributed by atoms with van der Waals surface area (Å²) in [5.41, 5.74) is 2.04. The van der Waals surface area contributed by atoms with E-state index in [1.807, 2.05) is 24.3 Å². The number of amides is 2. The minimum absolute atomic E-state index is 0.0735. The molecule has 2 aliphatic rings. The standard InChI is InChI=1S/C24H28FN3O3/c25-11-18-31-22-10-4-3-9-21(22)27-16-14-26(15-17-27)12-5-6-13-28-23(29)19-7-1-2-8-20(19)24(28)30/h1-4,7-10H,5-6,11-18H2. The zero-order valence-electron chi connectivity index (χ0n) is 17.6. The molecule has 1 saturated heterocycles. The van der Waals surface area contributed by atoms with Gasteiger partial charge < -0.3 is 9.64 Å². The van der Waals surface area contributed by atoms with Gasteiger partial charge in [0.2, 0.25) is 0 Å². The van der Waals surface area contributed by atoms with E-state index in [4.69, 9.17) is 4.74 Å². The molecule has 1 fully saturated rings. The highest BCUT2D eigenvalue weighted by Gasteiger charge is 2.34. The predicted octanol–water partition coefficient (Wildman–Crippen LogP) is 3.23. The van der Waals surface area contributed by atoms with Crippen LogP contribution in [-0.2, 0) is 0 Å². The average molecular weight is 426 g/mol. The van der Waals surface area contributed by atoms with Crippen LogP contribution in [0.3, 0.4) is 0 Å². The Labute approximate surface area is 182 Å². The molecule has 0 N–H and O–H groups in total. The van der Waals surface area contributed by atoms with Crippen LogP contribution in [0.25, 0.3) is 0 Å². The van der Waals surface area contributed by atoms with Crippen LogP contribution in [0.1, 0.15) is 33.6 Å². The highest BCUT2D eigenvalue weighted by atomic mass is 19.1. The van der Waals surface area contributed by atoms with Crippen LogP contribution in [0, 0.1) is 0 Å². The molecule has 7 heteroatoms. The minimum atomic E-state index is -0.497. The van der Waals surface area contributed by atoms with Gasteiger partial charge in [0, 0.05) is 32.7 Å². The van der Waals surface area contributed by atoms with Crippen molar-refractivity contribution >= 4 is 17.5 Å². The van der Waals surface area contributed by atoms with Crippen molar-refractivity contribution in [3.8, 4) is 5.75 Å². The molecule has 2 aliphatic heterocycles. The number of alkyl halides is 1. The molecule has 0 aromatic heterocycles. The van der Waals surface area contributed by atoms with Gasteiger partial charge in [0.25, 0.3) is 11.8 Å². The first-order valence-corrected chi connectivity index (χ1v) is 10.9. The summed E-state index contributed by atoms with van der Waals surface area (Å²) >= 11 is 0. The van der Waals surface area contributed by atoms with Crippen molar-refractivity contribution < 1.29 is 18.7 Å². The molecule has 0 unspecified atom stereocenters. The first-order chi connectivity index (χ1) is 15.2. The summed E-state index contributed by atoms with van der Waals surface area (Å²) in [5, 5.41) is 0. The zero-order chi connectivity index (χ0) is 21.6. The van der Waals surface area contributed by atoms with Crippen molar-refractivity contribution in [1.29, 1.82) is 0 Å². The first kappa shape index (κ1) is 21.3. The third-order valence-corrected chi connectivity index (χ3v) is 5.90. The summed E-state index contributed by atoms with van der Waals surface area (Å²) in [5.74, 6) is 0.375. The normalized spacial score (nSPS) is 16.7. The van der Waals surface area contributed by atoms with E-state index in [1.165, 1.54) is 4.90 Å². The molecule has 2 amide bonds. The van der Waals surface area contributed by atoms with Crippen molar-refractivity contribution in [2.45, 2.75) is 12.8 Å². The van der Waals surface area contributed by atoms with Crippen LogP contribution in [0.4, 0.5) is 10.1 Å². The van der Waals surface area contributed by atoms with Crippen molar-refractivity contribution in [2.24, 2.45) is 0 Å². The van der Waals surface area contributed by atoms with Gasteiger partial charge in [-0.1, -0.05) is 24.3 Å². The molecule has 4 rings (SSSR count). The Hall–Kier alpha value is -2.93. The Kier molecular flexibility index (Phi) is 6.82. The van der Waals surface area contributed by atoms with E-state index >= 15 is 0 Å². The number of para-hydroxylation sites is 2. The molecule has 2 heterocycles. The Morgan fingerprint density at radius 1 is 0.806 bits per heavy atom. The molecule has 6 nitrogen and oxygen atoms in total. The van der Waals surface area contributed by atoms with Gasteiger partial charge in [-0.3, -0.25) is 19.4 Å². The fourth-order valence-corrected chi connectivity index (χ4v) is 4.25. The Morgan fingerprint density at radius 3 is 2.10 bits per heavy atom. The molecule has 0 aliphatic carbocycles. The monoisotopic (exact) mass is 425 g/mol. The summed E-state index contributed by atoms with van der Waals surface area (Å²) in [4.78, 5) is 30.9. The summed E-state index contributed by atoms with van der Waals surface area (Å²) in [6.07, 6.45) is 1.73. The summed E-state index contributed by atoms with van der Waals surface area (Å²) < 4.78 is 18.0. The number of nitrogens with zero attached hydrogens (tertiary/aromatic N) is 3. The molecule has 0 spiro atoms. The van der Waals surface area contributed by atoms with Gasteiger partial charge in [-0.15, -0.1) is 0 Å². The van der Waals surface area contributed by atoms with E-state index in [0.29, 0.717) is 17.7 Å². The number of anilines is 1. The maximum atomic E-state index is 12.5. The number of halogens is 1. The second-order valence-electron chi connectivity index (χ2n) is 7.85. The van der Waals surface area contributed by atoms with Gasteiger partial charge in [0.05, 0.1) is 16.8 Å². The SMILES string of the molecule is O=C1c2ccccc2C(=O)N1CCCCN1CCN(c2ccccc2OCCF)CC1. The lowest BCUT2D eigenvalue weighted by Gasteiger charge is -2.36. The molecule has 164 valence electrons. The number of carbonyl (C=O) groups excluding carboxylic acids is 2. The number of rotatable bonds is 9. The van der Waals surface area contributed by atoms with Crippen molar-refractivity contribution in [2.75, 3.05) is 57.4 Å². The number of hydrogen-bond donors (Lipinski definition) is 0. The van der Waals surface area contributed by atoms with E-state index in [0.717, 1.165) is 57.0 Å². The van der Waals surface area contributed by atoms with Crippen molar-refractivity contribution in [1.82, 2.24) is 9.80 Å². The lowest BCUT2D eigenvalue weighted by molar-refractivity contribution is 0.0650. The second-order valence-corrected chi connectivity index (χ2v) is 7.85. The quantitative estimate of drug-likeness (QED) is 0.456. The fourth-order valence-electron chi connectivity index (χ4n) is 4.25. The van der Waals surface area contributed by atoms with Gasteiger partial charge >= 0.3 is 0 Å². The first-order valence-electron chi connectivity index (χ1n) is 10.9. The molecule has 31 heavy (non-hydrogen) atoms. The highest BCUT2D eigenvalue weighted by molar-refractivity contribution is 6.21. The van der Waals surface area contributed by atoms with Crippen LogP contribution in [0.2, 0.25) is 0 Å². The number of carbonyl (C=O) groups is 2. The number of hydrogen-bond acceptors (Lipinski definition) is 5. The minimum Gasteiger partial charge on any atom is -0.489 e. The lowest BCUT2D eigenvalue weighted by Crippen LogP contribution is -2.46. The van der Waals surface area contributed by atoms with Crippen LogP contribution >= 0.6 is 0 Å². The maximum Gasteiger partial charge on any atom is 0.261 e. The van der Waals surface area contributed by atoms with Crippen molar-refractivity contribution in [3.05, 3.63) is 59.7 Å². The summed E-state index contributed by atoms with van der Waals surface area (Å²) in [6, 6.07) is 14.8. The van der Waals surface area contributed by atoms with Crippen LogP contribution in [-0.4, -0.2) is 74.2 Å². The van der Waals surface area contributed by atoms with Gasteiger partial charge in [-0.25, -0.2) is 4.39 Å². The third kappa shape index (κ3) is 4.71. The molecule has 2 aromatic rings. The maximum absolute atomic E-state index is 12.5. The van der Waals surface area contributed by atoms with Gasteiger partial charge in [-0.2, -0.15) is 0 Å². The molecule has 0 bridgehead atoms. The zero-order valence-corrected chi connectivity index (χ0v) is 17.6. The second kappa shape index (κ2) is 9.92. The van der Waals surface area contributed by atoms with Crippen molar-refractivity contribution in [3.63, 3.8) is 0 Å². The number of ether oxygens (including phenoxy) is 1. The number of unbranched alkanes of at least 4 members (excludes halogenated alkanes) is 1. The van der Waals surface area contributed by atoms with E-state index in [9.17, 15) is 14.0 Å². The summed E-state index contributed by atoms with van der Waals surface area (Å²) in [7, 11) is 0. The van der Waals surface area contributed by atoms with E-state index in [2.05, 4.69) is 9.80 Å². The largest absolute Gasteiger partial charge is 0.489 e. The Bertz CT molecular complexity index is 893. The van der Waals surface area contributed by atoms with E-state index in [-0.39, 0.29) is 18.4 Å². The molecule has 0 atom stereocenters. The molecule has 0 saturated carbocycles. The van der Waals surface area contributed by atoms with Gasteiger partial charge in [0.15, 0.2) is 0 Å². The molecule has 2 aromatic carbocycles. The van der Waals surface area contributed by atoms with Gasteiger partial charge in [0.1, 0.15) is 19.0 Å². The number of piperazine rings is 1. The molecule has 0 radical (unpaired) electrons. The third-order valence-electron chi connectivity index (χ3n) is 5.90. The molecular formula is C24H28FN3O3. The Balaban J connectivity index is 1.21. The lowest BCUT2D eigenvalue weighted by atomic mass is 10.1. The Morgan fingerprint density at radius 2 is 1.42 bits per heavy atom. The fraction of sp³-hybridized carbons (Fsp3) is 0.417. The van der Waals surface area contributed by atoms with Crippen LogP contribution < -0.4 is 9.64 Å². The van der Waals surface area contributed by atoms with Gasteiger partial charge in [-0.05, 0) is 43.7 Å². The van der Waals surface area contributed by atoms with E-state index in [1.54, 1.807) is 24.3 Å².